The Morgan fingerprint density at radius 1 is 1.00 bits per heavy atom. The van der Waals surface area contributed by atoms with Crippen molar-refractivity contribution < 1.29 is 10.2 Å². The minimum Gasteiger partial charge on any atom is -0.508 e. The molecule has 0 heterocycles. The van der Waals surface area contributed by atoms with Crippen LogP contribution in [0.4, 0.5) is 11.4 Å². The summed E-state index contributed by atoms with van der Waals surface area (Å²) in [5, 5.41) is 19.2. The summed E-state index contributed by atoms with van der Waals surface area (Å²) in [4.78, 5) is 0. The summed E-state index contributed by atoms with van der Waals surface area (Å²) >= 11 is 1.99. The van der Waals surface area contributed by atoms with Crippen LogP contribution in [0.3, 0.4) is 0 Å². The van der Waals surface area contributed by atoms with Crippen molar-refractivity contribution in [3.8, 4) is 22.6 Å². The molecule has 2 rings (SSSR count). The van der Waals surface area contributed by atoms with E-state index >= 15 is 0 Å². The maximum Gasteiger partial charge on any atom is 0.147 e. The Hall–Kier alpha value is -1.63. The van der Waals surface area contributed by atoms with E-state index in [0.29, 0.717) is 14.8 Å². The molecule has 0 saturated carbocycles. The second kappa shape index (κ2) is 4.33. The first kappa shape index (κ1) is 11.8. The molecule has 0 radical (unpaired) electrons. The number of halogens is 1. The number of phenols is 2. The lowest BCUT2D eigenvalue weighted by molar-refractivity contribution is 0.474. The molecular formula is C12H11IN2O2. The number of phenolic OH excluding ortho intramolecular Hbond substituents is 2. The highest BCUT2D eigenvalue weighted by Gasteiger charge is 2.13. The smallest absolute Gasteiger partial charge is 0.147 e. The van der Waals surface area contributed by atoms with E-state index in [0.717, 1.165) is 5.56 Å². The fourth-order valence-corrected chi connectivity index (χ4v) is 1.96. The van der Waals surface area contributed by atoms with Crippen LogP contribution in [-0.4, -0.2) is 10.2 Å². The van der Waals surface area contributed by atoms with Crippen molar-refractivity contribution in [3.05, 3.63) is 33.9 Å². The normalized spacial score (nSPS) is 10.4. The average molecular weight is 342 g/mol. The molecule has 0 aliphatic heterocycles. The Morgan fingerprint density at radius 3 is 2.18 bits per heavy atom. The zero-order valence-electron chi connectivity index (χ0n) is 8.81. The van der Waals surface area contributed by atoms with E-state index in [2.05, 4.69) is 0 Å². The number of hydrogen-bond donors (Lipinski definition) is 4. The summed E-state index contributed by atoms with van der Waals surface area (Å²) < 4.78 is 0.641. The van der Waals surface area contributed by atoms with Crippen molar-refractivity contribution in [2.75, 3.05) is 11.5 Å². The van der Waals surface area contributed by atoms with E-state index in [9.17, 15) is 10.2 Å². The van der Waals surface area contributed by atoms with Crippen LogP contribution in [-0.2, 0) is 0 Å². The van der Waals surface area contributed by atoms with Gasteiger partial charge in [0.1, 0.15) is 11.5 Å². The first-order valence-electron chi connectivity index (χ1n) is 4.86. The lowest BCUT2D eigenvalue weighted by Crippen LogP contribution is -1.98. The predicted molar refractivity (Wildman–Crippen MR) is 76.7 cm³/mol. The van der Waals surface area contributed by atoms with E-state index in [1.165, 1.54) is 0 Å². The summed E-state index contributed by atoms with van der Waals surface area (Å²) in [5.74, 6) is 0.175. The topological polar surface area (TPSA) is 92.5 Å². The highest BCUT2D eigenvalue weighted by Crippen LogP contribution is 2.40. The third kappa shape index (κ3) is 2.10. The molecule has 0 saturated heterocycles. The molecule has 5 heteroatoms. The van der Waals surface area contributed by atoms with Gasteiger partial charge in [0, 0.05) is 11.3 Å². The minimum atomic E-state index is 0.00860. The molecule has 0 bridgehead atoms. The van der Waals surface area contributed by atoms with Crippen LogP contribution in [0.25, 0.3) is 11.1 Å². The van der Waals surface area contributed by atoms with Crippen LogP contribution >= 0.6 is 22.6 Å². The van der Waals surface area contributed by atoms with E-state index < -0.39 is 0 Å². The highest BCUT2D eigenvalue weighted by atomic mass is 127. The maximum absolute atomic E-state index is 9.98. The molecule has 0 aliphatic carbocycles. The lowest BCUT2D eigenvalue weighted by atomic mass is 10.0. The SMILES string of the molecule is Nc1cc(-c2ccc(O)cc2)c(O)c(N)c1I. The fourth-order valence-electron chi connectivity index (χ4n) is 1.55. The van der Waals surface area contributed by atoms with Crippen LogP contribution in [0.15, 0.2) is 30.3 Å². The maximum atomic E-state index is 9.98. The molecule has 2 aromatic rings. The van der Waals surface area contributed by atoms with Gasteiger partial charge in [-0.1, -0.05) is 12.1 Å². The van der Waals surface area contributed by atoms with Crippen LogP contribution in [0.5, 0.6) is 11.5 Å². The Kier molecular flexibility index (Phi) is 3.01. The van der Waals surface area contributed by atoms with Gasteiger partial charge < -0.3 is 21.7 Å². The van der Waals surface area contributed by atoms with Crippen molar-refractivity contribution in [1.82, 2.24) is 0 Å². The first-order chi connectivity index (χ1) is 8.00. The largest absolute Gasteiger partial charge is 0.508 e. The van der Waals surface area contributed by atoms with Crippen molar-refractivity contribution in [1.29, 1.82) is 0 Å². The minimum absolute atomic E-state index is 0.00860. The molecule has 0 aromatic heterocycles. The number of aromatic hydroxyl groups is 2. The molecule has 0 atom stereocenters. The average Bonchev–Trinajstić information content (AvgIpc) is 2.32. The predicted octanol–water partition coefficient (Wildman–Crippen LogP) is 2.53. The Labute approximate surface area is 112 Å². The number of anilines is 2. The van der Waals surface area contributed by atoms with Crippen LogP contribution in [0.1, 0.15) is 0 Å². The summed E-state index contributed by atoms with van der Waals surface area (Å²) in [5.41, 5.74) is 13.7. The number of hydrogen-bond acceptors (Lipinski definition) is 4. The molecule has 0 unspecified atom stereocenters. The lowest BCUT2D eigenvalue weighted by Gasteiger charge is -2.11. The van der Waals surface area contributed by atoms with Crippen molar-refractivity contribution >= 4 is 34.0 Å². The Morgan fingerprint density at radius 2 is 1.59 bits per heavy atom. The Bertz CT molecular complexity index is 568. The molecule has 17 heavy (non-hydrogen) atoms. The van der Waals surface area contributed by atoms with E-state index in [4.69, 9.17) is 11.5 Å². The quantitative estimate of drug-likeness (QED) is 0.277. The van der Waals surface area contributed by atoms with Crippen molar-refractivity contribution in [3.63, 3.8) is 0 Å². The fraction of sp³-hybridized carbons (Fsp3) is 0. The number of nitrogens with two attached hydrogens (primary N) is 2. The van der Waals surface area contributed by atoms with Gasteiger partial charge in [-0.15, -0.1) is 0 Å². The van der Waals surface area contributed by atoms with Gasteiger partial charge in [-0.25, -0.2) is 0 Å². The van der Waals surface area contributed by atoms with Gasteiger partial charge in [0.25, 0.3) is 0 Å². The Balaban J connectivity index is 2.64. The summed E-state index contributed by atoms with van der Waals surface area (Å²) in [6.45, 7) is 0. The van der Waals surface area contributed by atoms with Crippen molar-refractivity contribution in [2.24, 2.45) is 0 Å². The summed E-state index contributed by atoms with van der Waals surface area (Å²) in [7, 11) is 0. The third-order valence-corrected chi connectivity index (χ3v) is 3.68. The molecule has 4 nitrogen and oxygen atoms in total. The van der Waals surface area contributed by atoms with E-state index in [1.807, 2.05) is 22.6 Å². The highest BCUT2D eigenvalue weighted by molar-refractivity contribution is 14.1. The zero-order valence-corrected chi connectivity index (χ0v) is 11.0. The second-order valence-corrected chi connectivity index (χ2v) is 4.72. The van der Waals surface area contributed by atoms with Crippen molar-refractivity contribution in [2.45, 2.75) is 0 Å². The van der Waals surface area contributed by atoms with Crippen LogP contribution < -0.4 is 11.5 Å². The molecule has 0 spiro atoms. The second-order valence-electron chi connectivity index (χ2n) is 3.64. The standard InChI is InChI=1S/C12H11IN2O2/c13-10-9(14)5-8(12(17)11(10)15)6-1-3-7(16)4-2-6/h1-5,16-17H,14-15H2. The zero-order chi connectivity index (χ0) is 12.6. The van der Waals surface area contributed by atoms with Crippen LogP contribution in [0.2, 0.25) is 0 Å². The van der Waals surface area contributed by atoms with Gasteiger partial charge in [-0.2, -0.15) is 0 Å². The van der Waals surface area contributed by atoms with Gasteiger partial charge in [0.15, 0.2) is 0 Å². The number of benzene rings is 2. The first-order valence-corrected chi connectivity index (χ1v) is 5.94. The molecule has 6 N–H and O–H groups in total. The molecule has 88 valence electrons. The number of rotatable bonds is 1. The van der Waals surface area contributed by atoms with E-state index in [-0.39, 0.29) is 17.2 Å². The van der Waals surface area contributed by atoms with Gasteiger partial charge >= 0.3 is 0 Å². The molecule has 0 fully saturated rings. The molecule has 0 amide bonds. The van der Waals surface area contributed by atoms with Gasteiger partial charge in [0.2, 0.25) is 0 Å². The summed E-state index contributed by atoms with van der Waals surface area (Å²) in [6, 6.07) is 8.13. The van der Waals surface area contributed by atoms with Gasteiger partial charge in [0.05, 0.1) is 9.26 Å². The van der Waals surface area contributed by atoms with Gasteiger partial charge in [-0.3, -0.25) is 0 Å². The van der Waals surface area contributed by atoms with Gasteiger partial charge in [-0.05, 0) is 46.4 Å². The molecule has 0 aliphatic rings. The number of nitrogen functional groups attached to an aromatic ring is 2. The monoisotopic (exact) mass is 342 g/mol. The van der Waals surface area contributed by atoms with E-state index in [1.54, 1.807) is 30.3 Å². The molecular weight excluding hydrogens is 331 g/mol. The molecule has 2 aromatic carbocycles. The van der Waals surface area contributed by atoms with Crippen LogP contribution in [0, 0.1) is 3.57 Å². The summed E-state index contributed by atoms with van der Waals surface area (Å²) in [6.07, 6.45) is 0. The third-order valence-electron chi connectivity index (χ3n) is 2.48.